The quantitative estimate of drug-likeness (QED) is 0.177. The van der Waals surface area contributed by atoms with Crippen LogP contribution in [0.3, 0.4) is 0 Å². The first-order chi connectivity index (χ1) is 25.8. The molecule has 4 aromatic carbocycles. The van der Waals surface area contributed by atoms with E-state index in [1.54, 1.807) is 12.4 Å². The van der Waals surface area contributed by atoms with Crippen LogP contribution in [0.25, 0.3) is 44.8 Å². The fourth-order valence-corrected chi connectivity index (χ4v) is 6.53. The molecule has 1 aliphatic heterocycles. The number of hydrogen-bond acceptors (Lipinski definition) is 6. The minimum Gasteiger partial charge on any atom is -0.263 e. The summed E-state index contributed by atoms with van der Waals surface area (Å²) in [5.74, 6) is 0. The molecule has 0 saturated carbocycles. The Morgan fingerprint density at radius 2 is 0.692 bits per heavy atom. The van der Waals surface area contributed by atoms with Crippen LogP contribution in [0.15, 0.2) is 193 Å². The van der Waals surface area contributed by atoms with E-state index in [1.165, 1.54) is 0 Å². The largest absolute Gasteiger partial charge is 0.263 e. The van der Waals surface area contributed by atoms with E-state index in [0.29, 0.717) is 0 Å². The third kappa shape index (κ3) is 6.10. The fourth-order valence-electron chi connectivity index (χ4n) is 6.53. The molecule has 0 spiro atoms. The number of nitrogens with zero attached hydrogens (tertiary/aromatic N) is 6. The zero-order chi connectivity index (χ0) is 34.7. The lowest BCUT2D eigenvalue weighted by atomic mass is 9.94. The zero-order valence-electron chi connectivity index (χ0n) is 28.0. The van der Waals surface area contributed by atoms with Gasteiger partial charge in [0.25, 0.3) is 0 Å². The van der Waals surface area contributed by atoms with Crippen molar-refractivity contribution in [1.82, 2.24) is 19.9 Å². The Labute approximate surface area is 301 Å². The van der Waals surface area contributed by atoms with Gasteiger partial charge in [-0.25, -0.2) is 9.98 Å². The number of para-hydroxylation sites is 2. The van der Waals surface area contributed by atoms with Crippen LogP contribution in [-0.2, 0) is 0 Å². The predicted molar refractivity (Wildman–Crippen MR) is 209 cm³/mol. The molecule has 0 saturated heterocycles. The molecular weight excluding hydrogens is 637 g/mol. The number of pyridine rings is 4. The van der Waals surface area contributed by atoms with Gasteiger partial charge in [-0.05, 0) is 59.7 Å². The van der Waals surface area contributed by atoms with Gasteiger partial charge in [-0.2, -0.15) is 0 Å². The molecule has 1 aliphatic rings. The number of fused-ring (bicyclic) bond motifs is 2. The van der Waals surface area contributed by atoms with Gasteiger partial charge in [0.1, 0.15) is 0 Å². The summed E-state index contributed by atoms with van der Waals surface area (Å²) in [6.07, 6.45) is 11.1. The number of aromatic nitrogens is 4. The topological polar surface area (TPSA) is 76.3 Å². The minimum absolute atomic E-state index is 0.860. The highest BCUT2D eigenvalue weighted by molar-refractivity contribution is 6.22. The van der Waals surface area contributed by atoms with Crippen molar-refractivity contribution in [3.63, 3.8) is 0 Å². The second-order valence-electron chi connectivity index (χ2n) is 12.5. The van der Waals surface area contributed by atoms with E-state index >= 15 is 0 Å². The van der Waals surface area contributed by atoms with E-state index in [1.807, 2.05) is 85.5 Å². The minimum atomic E-state index is 0.860. The van der Waals surface area contributed by atoms with E-state index in [4.69, 9.17) is 9.98 Å². The second kappa shape index (κ2) is 13.6. The fraction of sp³-hybridized carbons (Fsp3) is 0. The van der Waals surface area contributed by atoms with E-state index in [2.05, 4.69) is 105 Å². The summed E-state index contributed by atoms with van der Waals surface area (Å²) in [6.45, 7) is 0. The molecule has 8 aromatic rings. The number of aliphatic imine (C=N–C) groups is 2. The average molecular weight is 667 g/mol. The summed E-state index contributed by atoms with van der Waals surface area (Å²) in [6, 6.07) is 49.5. The van der Waals surface area contributed by atoms with E-state index in [9.17, 15) is 0 Å². The van der Waals surface area contributed by atoms with Crippen molar-refractivity contribution in [2.45, 2.75) is 0 Å². The highest BCUT2D eigenvalue weighted by atomic mass is 14.8. The van der Waals surface area contributed by atoms with Gasteiger partial charge in [0.2, 0.25) is 0 Å². The van der Waals surface area contributed by atoms with E-state index in [0.717, 1.165) is 89.8 Å². The molecule has 4 aromatic heterocycles. The van der Waals surface area contributed by atoms with Crippen LogP contribution in [-0.4, -0.2) is 31.4 Å². The van der Waals surface area contributed by atoms with Gasteiger partial charge < -0.3 is 0 Å². The summed E-state index contributed by atoms with van der Waals surface area (Å²) < 4.78 is 0. The van der Waals surface area contributed by atoms with Crippen molar-refractivity contribution in [1.29, 1.82) is 0 Å². The summed E-state index contributed by atoms with van der Waals surface area (Å²) in [4.78, 5) is 28.7. The normalized spacial score (nSPS) is 12.1. The van der Waals surface area contributed by atoms with Crippen LogP contribution in [0.1, 0.15) is 22.3 Å². The van der Waals surface area contributed by atoms with Crippen molar-refractivity contribution < 1.29 is 0 Å². The summed E-state index contributed by atoms with van der Waals surface area (Å²) in [7, 11) is 0. The van der Waals surface area contributed by atoms with Crippen molar-refractivity contribution >= 4 is 22.8 Å². The van der Waals surface area contributed by atoms with Gasteiger partial charge in [0.05, 0.1) is 34.2 Å². The maximum atomic E-state index is 5.35. The average Bonchev–Trinajstić information content (AvgIpc) is 3.22. The number of hydrogen-bond donors (Lipinski definition) is 0. The first kappa shape index (κ1) is 30.8. The first-order valence-corrected chi connectivity index (χ1v) is 17.1. The molecule has 52 heavy (non-hydrogen) atoms. The smallest absolute Gasteiger partial charge is 0.0803 e. The van der Waals surface area contributed by atoms with Crippen molar-refractivity contribution in [3.05, 3.63) is 205 Å². The number of benzene rings is 4. The van der Waals surface area contributed by atoms with Crippen LogP contribution < -0.4 is 0 Å². The maximum Gasteiger partial charge on any atom is 0.0803 e. The lowest BCUT2D eigenvalue weighted by molar-refractivity contribution is 1.28. The summed E-state index contributed by atoms with van der Waals surface area (Å²) in [5.41, 5.74) is 15.3. The predicted octanol–water partition coefficient (Wildman–Crippen LogP) is 10.6. The van der Waals surface area contributed by atoms with Crippen molar-refractivity contribution in [2.24, 2.45) is 9.98 Å². The Balaban J connectivity index is 1.07. The summed E-state index contributed by atoms with van der Waals surface area (Å²) >= 11 is 0. The van der Waals surface area contributed by atoms with Crippen LogP contribution in [0.5, 0.6) is 0 Å². The molecule has 0 unspecified atom stereocenters. The van der Waals surface area contributed by atoms with Crippen LogP contribution >= 0.6 is 0 Å². The molecule has 244 valence electrons. The number of rotatable bonds is 6. The molecule has 0 aliphatic carbocycles. The Morgan fingerprint density at radius 1 is 0.308 bits per heavy atom. The Hall–Kier alpha value is -7.18. The Bertz CT molecular complexity index is 2410. The highest BCUT2D eigenvalue weighted by Crippen LogP contribution is 2.34. The van der Waals surface area contributed by atoms with Gasteiger partial charge in [-0.1, -0.05) is 97.1 Å². The molecule has 6 nitrogen and oxygen atoms in total. The van der Waals surface area contributed by atoms with Gasteiger partial charge in [-0.3, -0.25) is 19.9 Å². The van der Waals surface area contributed by atoms with Gasteiger partial charge in [0, 0.05) is 81.7 Å². The lowest BCUT2D eigenvalue weighted by Gasteiger charge is -2.18. The van der Waals surface area contributed by atoms with Crippen molar-refractivity contribution in [3.8, 4) is 44.8 Å². The Morgan fingerprint density at radius 3 is 1.12 bits per heavy atom. The molecule has 6 heteroatoms. The molecule has 0 N–H and O–H groups in total. The maximum absolute atomic E-state index is 5.35. The second-order valence-corrected chi connectivity index (χ2v) is 12.5. The SMILES string of the molecule is c1ccc(-c2cncc(-c3ccc(C4=Nc5ccccc5C(c5ccc(-c6cncc(-c7ccccn7)c6)cc5)=Nc5ccccc54)cc3)c2)nc1. The van der Waals surface area contributed by atoms with E-state index < -0.39 is 0 Å². The molecule has 0 fully saturated rings. The Kier molecular flexibility index (Phi) is 8.08. The molecule has 0 amide bonds. The molecular formula is C46H30N6. The molecule has 0 atom stereocenters. The first-order valence-electron chi connectivity index (χ1n) is 17.1. The standard InChI is InChI=1S/C46H30N6/c1-3-13-43-39(9-1)45(33-19-15-31(16-20-33)35-25-37(29-47-27-35)41-11-5-7-23-49-41)52-44-14-4-2-10-40(44)46(51-43)34-21-17-32(18-22-34)36-26-38(30-48-28-36)42-12-6-8-24-50-42/h1-30H. The molecule has 0 bridgehead atoms. The van der Waals surface area contributed by atoms with Gasteiger partial charge in [-0.15, -0.1) is 0 Å². The van der Waals surface area contributed by atoms with Crippen molar-refractivity contribution in [2.75, 3.05) is 0 Å². The lowest BCUT2D eigenvalue weighted by Crippen LogP contribution is -2.10. The third-order valence-electron chi connectivity index (χ3n) is 9.16. The van der Waals surface area contributed by atoms with Crippen LogP contribution in [0.4, 0.5) is 11.4 Å². The van der Waals surface area contributed by atoms with Gasteiger partial charge >= 0.3 is 0 Å². The van der Waals surface area contributed by atoms with Gasteiger partial charge in [0.15, 0.2) is 0 Å². The third-order valence-corrected chi connectivity index (χ3v) is 9.16. The highest BCUT2D eigenvalue weighted by Gasteiger charge is 2.20. The van der Waals surface area contributed by atoms with Crippen LogP contribution in [0, 0.1) is 0 Å². The summed E-state index contributed by atoms with van der Waals surface area (Å²) in [5, 5.41) is 0. The zero-order valence-corrected chi connectivity index (χ0v) is 28.0. The van der Waals surface area contributed by atoms with Crippen LogP contribution in [0.2, 0.25) is 0 Å². The van der Waals surface area contributed by atoms with E-state index in [-0.39, 0.29) is 0 Å². The monoisotopic (exact) mass is 666 g/mol. The molecule has 9 rings (SSSR count). The molecule has 0 radical (unpaired) electrons. The molecule has 5 heterocycles.